The molecule has 16 heteroatoms. The molecule has 0 spiro atoms. The van der Waals surface area contributed by atoms with Crippen LogP contribution < -0.4 is 26.6 Å². The van der Waals surface area contributed by atoms with Crippen LogP contribution in [-0.4, -0.2) is 76.3 Å². The van der Waals surface area contributed by atoms with Crippen molar-refractivity contribution in [2.75, 3.05) is 40.1 Å². The Labute approximate surface area is 156 Å². The number of hydrogen-bond acceptors (Lipinski definition) is 11. The molecule has 6 saturated heterocycles. The molecule has 0 unspecified atom stereocenters. The molecule has 6 rings (SSSR count). The van der Waals surface area contributed by atoms with Crippen molar-refractivity contribution in [1.82, 2.24) is 26.6 Å². The summed E-state index contributed by atoms with van der Waals surface area (Å²) in [5.41, 5.74) is 0. The first kappa shape index (κ1) is 22.1. The maximum absolute atomic E-state index is 9.68. The predicted molar refractivity (Wildman–Crippen MR) is 81.9 cm³/mol. The molecule has 6 aliphatic rings. The summed E-state index contributed by atoms with van der Waals surface area (Å²) in [5.74, 6) is 0.333. The summed E-state index contributed by atoms with van der Waals surface area (Å²) in [7, 11) is 0. The quantitative estimate of drug-likeness (QED) is 0.159. The first-order chi connectivity index (χ1) is 13.4. The number of hydrogen-bond donors (Lipinski definition) is 5. The third-order valence-corrected chi connectivity index (χ3v) is 2.27. The maximum Gasteiger partial charge on any atom is 0.514 e. The molecule has 6 fully saturated rings. The van der Waals surface area contributed by atoms with Crippen molar-refractivity contribution < 1.29 is 52.5 Å². The van der Waals surface area contributed by atoms with Crippen molar-refractivity contribution in [3.05, 3.63) is 0 Å². The van der Waals surface area contributed by atoms with Crippen molar-refractivity contribution in [3.8, 4) is 0 Å². The van der Waals surface area contributed by atoms with Gasteiger partial charge in [-0.2, -0.15) is 0 Å². The van der Waals surface area contributed by atoms with E-state index in [1.807, 2.05) is 0 Å². The van der Waals surface area contributed by atoms with Gasteiger partial charge in [-0.15, -0.1) is 0 Å². The Hall–Kier alpha value is -3.98. The minimum Gasteiger partial charge on any atom is -0.428 e. The number of cyclic esters (lactones) is 5. The van der Waals surface area contributed by atoms with Gasteiger partial charge in [-0.25, -0.2) is 19.2 Å². The lowest BCUT2D eigenvalue weighted by atomic mass is 10.7. The van der Waals surface area contributed by atoms with Crippen LogP contribution in [0.3, 0.4) is 0 Å². The van der Waals surface area contributed by atoms with Gasteiger partial charge in [-0.3, -0.25) is 14.9 Å². The molecular weight excluding hydrogens is 390 g/mol. The molecule has 0 aromatic heterocycles. The van der Waals surface area contributed by atoms with Crippen LogP contribution in [0.1, 0.15) is 0 Å². The van der Waals surface area contributed by atoms with Crippen LogP contribution in [0.4, 0.5) is 19.2 Å². The van der Waals surface area contributed by atoms with E-state index in [0.29, 0.717) is 26.5 Å². The second-order valence-electron chi connectivity index (χ2n) is 4.48. The van der Waals surface area contributed by atoms with Gasteiger partial charge in [-0.05, 0) is 0 Å². The fourth-order valence-electron chi connectivity index (χ4n) is 0.578. The highest BCUT2D eigenvalue weighted by atomic mass is 16.9. The number of amides is 5. The van der Waals surface area contributed by atoms with E-state index < -0.39 is 12.3 Å². The molecule has 0 radical (unpaired) electrons. The van der Waals surface area contributed by atoms with Crippen LogP contribution in [0, 0.1) is 0 Å². The third-order valence-electron chi connectivity index (χ3n) is 2.27. The molecule has 156 valence electrons. The van der Waals surface area contributed by atoms with Gasteiger partial charge in [0.05, 0.1) is 19.8 Å². The zero-order valence-electron chi connectivity index (χ0n) is 14.2. The number of urea groups is 1. The lowest BCUT2D eigenvalue weighted by Crippen LogP contribution is -2.53. The second kappa shape index (κ2) is 12.4. The number of carbonyl (C=O) groups excluding carboxylic acids is 6. The second-order valence-corrected chi connectivity index (χ2v) is 4.48. The minimum absolute atomic E-state index is 0.0648. The Morgan fingerprint density at radius 3 is 0.821 bits per heavy atom. The average molecular weight is 407 g/mol. The summed E-state index contributed by atoms with van der Waals surface area (Å²) < 4.78 is 20.5. The zero-order valence-corrected chi connectivity index (χ0v) is 14.2. The number of ether oxygens (including phenoxy) is 5. The summed E-state index contributed by atoms with van der Waals surface area (Å²) in [6.07, 6.45) is -1.44. The molecule has 0 atom stereocenters. The Balaban J connectivity index is 0.000000168. The Kier molecular flexibility index (Phi) is 9.76. The van der Waals surface area contributed by atoms with Gasteiger partial charge in [0.1, 0.15) is 0 Å². The molecule has 28 heavy (non-hydrogen) atoms. The van der Waals surface area contributed by atoms with Crippen LogP contribution in [0.25, 0.3) is 0 Å². The van der Waals surface area contributed by atoms with Crippen LogP contribution in [0.2, 0.25) is 0 Å². The number of rotatable bonds is 0. The standard InChI is InChI=1S/C2H4N2O.C2H3NO2.2C2H3NO.2C2H2O3/c5-2-3-1-4-2;4-2-3-1-5-2;2*4-2-1-3-2;2*3-2-4-1-5-2/h1H2,(H2,3,4,5);1H2,(H,3,4);2*1H2,(H,3,4);2*1H2. The lowest BCUT2D eigenvalue weighted by Gasteiger charge is -2.13. The topological polar surface area (TPSA) is 229 Å². The van der Waals surface area contributed by atoms with E-state index in [4.69, 9.17) is 0 Å². The number of nitrogens with one attached hydrogen (secondary N) is 5. The summed E-state index contributed by atoms with van der Waals surface area (Å²) in [5, 5.41) is 12.2. The van der Waals surface area contributed by atoms with Crippen LogP contribution >= 0.6 is 0 Å². The average Bonchev–Trinajstić information content (AvgIpc) is 3.50. The fourth-order valence-corrected chi connectivity index (χ4v) is 0.578. The summed E-state index contributed by atoms with van der Waals surface area (Å²) in [4.78, 5) is 57.0. The van der Waals surface area contributed by atoms with Gasteiger partial charge >= 0.3 is 24.4 Å². The van der Waals surface area contributed by atoms with Crippen molar-refractivity contribution in [1.29, 1.82) is 0 Å². The maximum atomic E-state index is 9.68. The van der Waals surface area contributed by atoms with E-state index in [1.54, 1.807) is 0 Å². The highest BCUT2D eigenvalue weighted by Gasteiger charge is 2.13. The molecule has 6 heterocycles. The Bertz CT molecular complexity index is 487. The number of carbonyl (C=O) groups is 6. The van der Waals surface area contributed by atoms with E-state index in [9.17, 15) is 28.8 Å². The highest BCUT2D eigenvalue weighted by molar-refractivity contribution is 5.92. The monoisotopic (exact) mass is 407 g/mol. The van der Waals surface area contributed by atoms with Gasteiger partial charge < -0.3 is 45.0 Å². The van der Waals surface area contributed by atoms with Crippen LogP contribution in [0.5, 0.6) is 0 Å². The van der Waals surface area contributed by atoms with Gasteiger partial charge in [0, 0.05) is 0 Å². The summed E-state index contributed by atoms with van der Waals surface area (Å²) in [6, 6.07) is -0.0648. The third kappa shape index (κ3) is 14.4. The molecule has 0 aliphatic carbocycles. The van der Waals surface area contributed by atoms with E-state index in [0.717, 1.165) is 0 Å². The molecule has 0 aromatic rings. The lowest BCUT2D eigenvalue weighted by molar-refractivity contribution is -0.111. The van der Waals surface area contributed by atoms with Gasteiger partial charge in [0.2, 0.25) is 25.4 Å². The molecule has 16 nitrogen and oxygen atoms in total. The molecule has 0 bridgehead atoms. The van der Waals surface area contributed by atoms with E-state index in [2.05, 4.69) is 50.3 Å². The smallest absolute Gasteiger partial charge is 0.428 e. The minimum atomic E-state index is -0.565. The molecule has 0 aromatic carbocycles. The molecule has 5 N–H and O–H groups in total. The summed E-state index contributed by atoms with van der Waals surface area (Å²) in [6.45, 7) is 2.50. The SMILES string of the molecule is O=C1CN1.O=C1CN1.O=C1NCN1.O=C1NCO1.O=C1OCO1.O=C1OCO1. The van der Waals surface area contributed by atoms with Crippen molar-refractivity contribution >= 4 is 36.2 Å². The Morgan fingerprint density at radius 1 is 0.571 bits per heavy atom. The van der Waals surface area contributed by atoms with Gasteiger partial charge in [0.15, 0.2) is 6.73 Å². The van der Waals surface area contributed by atoms with E-state index >= 15 is 0 Å². The largest absolute Gasteiger partial charge is 0.514 e. The van der Waals surface area contributed by atoms with E-state index in [1.165, 1.54) is 0 Å². The fraction of sp³-hybridized carbons (Fsp3) is 0.500. The zero-order chi connectivity index (χ0) is 20.8. The summed E-state index contributed by atoms with van der Waals surface area (Å²) >= 11 is 0. The van der Waals surface area contributed by atoms with Gasteiger partial charge in [0.25, 0.3) is 0 Å². The highest BCUT2D eigenvalue weighted by Crippen LogP contribution is 1.94. The van der Waals surface area contributed by atoms with Crippen LogP contribution in [0.15, 0.2) is 0 Å². The van der Waals surface area contributed by atoms with E-state index in [-0.39, 0.29) is 37.5 Å². The predicted octanol–water partition coefficient (Wildman–Crippen LogP) is -2.61. The Morgan fingerprint density at radius 2 is 0.821 bits per heavy atom. The van der Waals surface area contributed by atoms with Crippen LogP contribution in [-0.2, 0) is 33.3 Å². The van der Waals surface area contributed by atoms with Gasteiger partial charge in [-0.1, -0.05) is 0 Å². The molecular formula is C12H17N5O11. The normalized spacial score (nSPS) is 19.0. The molecule has 6 aliphatic heterocycles. The molecule has 0 saturated carbocycles. The molecule has 5 amide bonds. The first-order valence-electron chi connectivity index (χ1n) is 7.41. The van der Waals surface area contributed by atoms with Crippen molar-refractivity contribution in [2.24, 2.45) is 0 Å². The van der Waals surface area contributed by atoms with Crippen molar-refractivity contribution in [2.45, 2.75) is 0 Å². The first-order valence-corrected chi connectivity index (χ1v) is 7.41. The van der Waals surface area contributed by atoms with Crippen molar-refractivity contribution in [3.63, 3.8) is 0 Å².